The minimum absolute atomic E-state index is 0.321. The van der Waals surface area contributed by atoms with Crippen LogP contribution in [0.2, 0.25) is 0 Å². The number of rotatable bonds is 6. The number of carbonyl (C=O) groups excluding carboxylic acids is 1. The third-order valence-corrected chi connectivity index (χ3v) is 5.66. The van der Waals surface area contributed by atoms with Crippen LogP contribution in [0.1, 0.15) is 19.3 Å². The van der Waals surface area contributed by atoms with Crippen molar-refractivity contribution in [1.29, 1.82) is 0 Å². The topological polar surface area (TPSA) is 77.4 Å². The van der Waals surface area contributed by atoms with E-state index in [1.54, 1.807) is 0 Å². The van der Waals surface area contributed by atoms with Crippen LogP contribution in [0.25, 0.3) is 0 Å². The second-order valence-electron chi connectivity index (χ2n) is 4.96. The molecule has 0 spiro atoms. The Hall–Kier alpha value is -1.34. The van der Waals surface area contributed by atoms with Gasteiger partial charge < -0.3 is 9.30 Å². The van der Waals surface area contributed by atoms with E-state index in [-0.39, 0.29) is 0 Å². The highest BCUT2D eigenvalue weighted by Crippen LogP contribution is 2.31. The second kappa shape index (κ2) is 6.41. The Morgan fingerprint density at radius 1 is 1.35 bits per heavy atom. The fourth-order valence-corrected chi connectivity index (χ4v) is 4.41. The smallest absolute Gasteiger partial charge is 0.310 e. The monoisotopic (exact) mass is 300 g/mol. The molecule has 7 heteroatoms. The first kappa shape index (κ1) is 15.1. The highest BCUT2D eigenvalue weighted by Gasteiger charge is 2.41. The van der Waals surface area contributed by atoms with Gasteiger partial charge in [-0.15, -0.1) is 0 Å². The van der Waals surface area contributed by atoms with Crippen LogP contribution in [0, 0.1) is 5.92 Å². The van der Waals surface area contributed by atoms with Gasteiger partial charge in [0.1, 0.15) is 0 Å². The summed E-state index contributed by atoms with van der Waals surface area (Å²) in [6.45, 7) is 0.892. The first-order valence-electron chi connectivity index (χ1n) is 6.71. The number of aromatic nitrogens is 1. The SMILES string of the molecule is COC(=O)C1CCCC1S(=O)(=O)NCCn1cccc1. The maximum absolute atomic E-state index is 12.3. The van der Waals surface area contributed by atoms with Gasteiger partial charge in [-0.05, 0) is 25.0 Å². The number of ether oxygens (including phenoxy) is 1. The maximum Gasteiger partial charge on any atom is 0.310 e. The Balaban J connectivity index is 1.93. The predicted molar refractivity (Wildman–Crippen MR) is 74.5 cm³/mol. The number of nitrogens with zero attached hydrogens (tertiary/aromatic N) is 1. The molecular weight excluding hydrogens is 280 g/mol. The van der Waals surface area contributed by atoms with E-state index >= 15 is 0 Å². The van der Waals surface area contributed by atoms with Gasteiger partial charge in [0.05, 0.1) is 18.3 Å². The number of carbonyl (C=O) groups is 1. The Morgan fingerprint density at radius 2 is 2.05 bits per heavy atom. The van der Waals surface area contributed by atoms with Crippen molar-refractivity contribution in [2.75, 3.05) is 13.7 Å². The van der Waals surface area contributed by atoms with Gasteiger partial charge in [0.2, 0.25) is 10.0 Å². The third kappa shape index (κ3) is 3.40. The van der Waals surface area contributed by atoms with E-state index in [1.807, 2.05) is 29.1 Å². The summed E-state index contributed by atoms with van der Waals surface area (Å²) >= 11 is 0. The Morgan fingerprint density at radius 3 is 2.70 bits per heavy atom. The third-order valence-electron chi connectivity index (χ3n) is 3.69. The number of hydrogen-bond donors (Lipinski definition) is 1. The van der Waals surface area contributed by atoms with Crippen molar-refractivity contribution in [3.05, 3.63) is 24.5 Å². The van der Waals surface area contributed by atoms with E-state index in [2.05, 4.69) is 9.46 Å². The predicted octanol–water partition coefficient (Wildman–Crippen LogP) is 0.749. The molecule has 2 unspecified atom stereocenters. The lowest BCUT2D eigenvalue weighted by molar-refractivity contribution is -0.145. The number of esters is 1. The summed E-state index contributed by atoms with van der Waals surface area (Å²) in [4.78, 5) is 11.6. The molecule has 1 fully saturated rings. The van der Waals surface area contributed by atoms with Crippen LogP contribution in [-0.2, 0) is 26.1 Å². The molecule has 1 aliphatic carbocycles. The van der Waals surface area contributed by atoms with Gasteiger partial charge in [0, 0.05) is 25.5 Å². The molecule has 20 heavy (non-hydrogen) atoms. The molecule has 0 radical (unpaired) electrons. The number of hydrogen-bond acceptors (Lipinski definition) is 4. The molecule has 0 amide bonds. The van der Waals surface area contributed by atoms with Crippen molar-refractivity contribution in [2.45, 2.75) is 31.1 Å². The van der Waals surface area contributed by atoms with Crippen molar-refractivity contribution in [3.63, 3.8) is 0 Å². The highest BCUT2D eigenvalue weighted by molar-refractivity contribution is 7.90. The zero-order valence-electron chi connectivity index (χ0n) is 11.5. The fourth-order valence-electron chi connectivity index (χ4n) is 2.66. The molecule has 112 valence electrons. The lowest BCUT2D eigenvalue weighted by Gasteiger charge is -2.18. The summed E-state index contributed by atoms with van der Waals surface area (Å²) in [6, 6.07) is 3.78. The van der Waals surface area contributed by atoms with Crippen molar-refractivity contribution in [2.24, 2.45) is 5.92 Å². The summed E-state index contributed by atoms with van der Waals surface area (Å²) in [6.07, 6.45) is 5.58. The van der Waals surface area contributed by atoms with Gasteiger partial charge in [0.25, 0.3) is 0 Å². The summed E-state index contributed by atoms with van der Waals surface area (Å²) in [5.41, 5.74) is 0. The zero-order valence-corrected chi connectivity index (χ0v) is 12.3. The van der Waals surface area contributed by atoms with Gasteiger partial charge in [-0.25, -0.2) is 13.1 Å². The van der Waals surface area contributed by atoms with E-state index in [4.69, 9.17) is 0 Å². The van der Waals surface area contributed by atoms with Gasteiger partial charge >= 0.3 is 5.97 Å². The molecule has 1 N–H and O–H groups in total. The summed E-state index contributed by atoms with van der Waals surface area (Å²) in [5, 5.41) is -0.667. The molecule has 0 aliphatic heterocycles. The lowest BCUT2D eigenvalue weighted by Crippen LogP contribution is -2.40. The minimum Gasteiger partial charge on any atom is -0.469 e. The van der Waals surface area contributed by atoms with Crippen LogP contribution in [-0.4, -0.2) is 37.9 Å². The molecular formula is C13H20N2O4S. The van der Waals surface area contributed by atoms with E-state index < -0.39 is 27.2 Å². The van der Waals surface area contributed by atoms with Crippen LogP contribution in [0.3, 0.4) is 0 Å². The van der Waals surface area contributed by atoms with Crippen molar-refractivity contribution < 1.29 is 17.9 Å². The minimum atomic E-state index is -3.48. The quantitative estimate of drug-likeness (QED) is 0.786. The van der Waals surface area contributed by atoms with Crippen molar-refractivity contribution in [1.82, 2.24) is 9.29 Å². The second-order valence-corrected chi connectivity index (χ2v) is 6.94. The molecule has 0 aromatic carbocycles. The van der Waals surface area contributed by atoms with Gasteiger partial charge in [-0.2, -0.15) is 0 Å². The molecule has 2 rings (SSSR count). The Labute approximate surface area is 119 Å². The Bertz CT molecular complexity index is 539. The number of nitrogens with one attached hydrogen (secondary N) is 1. The van der Waals surface area contributed by atoms with Crippen molar-refractivity contribution >= 4 is 16.0 Å². The normalized spacial score (nSPS) is 22.9. The van der Waals surface area contributed by atoms with Gasteiger partial charge in [0.15, 0.2) is 0 Å². The molecule has 1 aliphatic rings. The maximum atomic E-state index is 12.3. The van der Waals surface area contributed by atoms with Crippen molar-refractivity contribution in [3.8, 4) is 0 Å². The number of methoxy groups -OCH3 is 1. The average Bonchev–Trinajstić information content (AvgIpc) is 3.08. The standard InChI is InChI=1S/C13H20N2O4S/c1-19-13(16)11-5-4-6-12(11)20(17,18)14-7-10-15-8-2-3-9-15/h2-3,8-9,11-12,14H,4-7,10H2,1H3. The van der Waals surface area contributed by atoms with Crippen LogP contribution < -0.4 is 4.72 Å². The Kier molecular flexibility index (Phi) is 4.82. The molecule has 1 aromatic rings. The molecule has 1 heterocycles. The average molecular weight is 300 g/mol. The van der Waals surface area contributed by atoms with Gasteiger partial charge in [-0.3, -0.25) is 4.79 Å². The number of sulfonamides is 1. The highest BCUT2D eigenvalue weighted by atomic mass is 32.2. The lowest BCUT2D eigenvalue weighted by atomic mass is 10.1. The van der Waals surface area contributed by atoms with Crippen LogP contribution in [0.15, 0.2) is 24.5 Å². The summed E-state index contributed by atoms with van der Waals surface area (Å²) in [5.74, 6) is -0.965. The zero-order chi connectivity index (χ0) is 14.6. The van der Waals surface area contributed by atoms with Crippen LogP contribution >= 0.6 is 0 Å². The first-order valence-corrected chi connectivity index (χ1v) is 8.26. The van der Waals surface area contributed by atoms with E-state index in [9.17, 15) is 13.2 Å². The molecule has 1 saturated carbocycles. The largest absolute Gasteiger partial charge is 0.469 e. The van der Waals surface area contributed by atoms with Crippen LogP contribution in [0.5, 0.6) is 0 Å². The fraction of sp³-hybridized carbons (Fsp3) is 0.615. The van der Waals surface area contributed by atoms with E-state index in [0.29, 0.717) is 25.9 Å². The van der Waals surface area contributed by atoms with Gasteiger partial charge in [-0.1, -0.05) is 6.42 Å². The van der Waals surface area contributed by atoms with Crippen LogP contribution in [0.4, 0.5) is 0 Å². The van der Waals surface area contributed by atoms with E-state index in [0.717, 1.165) is 6.42 Å². The summed E-state index contributed by atoms with van der Waals surface area (Å²) < 4.78 is 33.7. The molecule has 6 nitrogen and oxygen atoms in total. The molecule has 2 atom stereocenters. The molecule has 0 saturated heterocycles. The summed E-state index contributed by atoms with van der Waals surface area (Å²) in [7, 11) is -2.19. The molecule has 1 aromatic heterocycles. The van der Waals surface area contributed by atoms with E-state index in [1.165, 1.54) is 7.11 Å². The molecule has 0 bridgehead atoms. The first-order chi connectivity index (χ1) is 9.54.